The lowest BCUT2D eigenvalue weighted by Gasteiger charge is -2.32. The predicted octanol–water partition coefficient (Wildman–Crippen LogP) is 6.97. The highest BCUT2D eigenvalue weighted by atomic mass is 16.7. The lowest BCUT2D eigenvalue weighted by Crippen LogP contribution is -2.41. The molecule has 2 heterocycles. The molecule has 2 aromatic rings. The first-order chi connectivity index (χ1) is 16.0. The van der Waals surface area contributed by atoms with Crippen molar-refractivity contribution in [1.29, 1.82) is 0 Å². The maximum Gasteiger partial charge on any atom is 0.496 e. The Kier molecular flexibility index (Phi) is 9.29. The van der Waals surface area contributed by atoms with Crippen molar-refractivity contribution in [3.05, 3.63) is 58.4 Å². The summed E-state index contributed by atoms with van der Waals surface area (Å²) in [7, 11) is -0.473. The van der Waals surface area contributed by atoms with Gasteiger partial charge in [0.1, 0.15) is 5.69 Å². The molecule has 1 aromatic carbocycles. The number of aromatic nitrogens is 1. The molecule has 0 spiro atoms. The summed E-state index contributed by atoms with van der Waals surface area (Å²) in [5, 5.41) is 0. The Morgan fingerprint density at radius 2 is 1.41 bits per heavy atom. The molecule has 0 radical (unpaired) electrons. The number of benzene rings is 1. The summed E-state index contributed by atoms with van der Waals surface area (Å²) in [4.78, 5) is 17.7. The molecule has 4 rings (SSSR count). The van der Waals surface area contributed by atoms with Crippen LogP contribution in [-0.4, -0.2) is 29.1 Å². The van der Waals surface area contributed by atoms with E-state index in [0.29, 0.717) is 17.5 Å². The molecular weight excluding hydrogens is 421 g/mol. The second kappa shape index (κ2) is 11.2. The largest absolute Gasteiger partial charge is 0.496 e. The van der Waals surface area contributed by atoms with E-state index in [4.69, 9.17) is 9.31 Å². The first-order valence-electron chi connectivity index (χ1n) is 13.0. The molecule has 4 nitrogen and oxygen atoms in total. The number of pyridine rings is 1. The highest BCUT2D eigenvalue weighted by molar-refractivity contribution is 6.62. The first kappa shape index (κ1) is 28.3. The minimum Gasteiger partial charge on any atom is -0.399 e. The Labute approximate surface area is 208 Å². The molecule has 5 heteroatoms. The van der Waals surface area contributed by atoms with Gasteiger partial charge in [-0.3, -0.25) is 9.78 Å². The molecule has 2 aliphatic rings. The standard InChI is InChI=1S/C25H32BNO3.2C2H6/c1-15-8-9-16(2)20-13-21(17(3)12-19(15)20)23(28)22-11-10-18(14-27-22)26-29-24(4,5)25(6,7)30-26;2*1-2/h10-16H,8-9H2,1-7H3;2*1-2H3. The molecule has 1 aliphatic carbocycles. The van der Waals surface area contributed by atoms with Gasteiger partial charge in [-0.05, 0) is 88.1 Å². The summed E-state index contributed by atoms with van der Waals surface area (Å²) < 4.78 is 12.2. The summed E-state index contributed by atoms with van der Waals surface area (Å²) in [6.45, 7) is 22.7. The minimum atomic E-state index is -0.473. The van der Waals surface area contributed by atoms with E-state index in [-0.39, 0.29) is 5.78 Å². The summed E-state index contributed by atoms with van der Waals surface area (Å²) in [6.07, 6.45) is 4.09. The van der Waals surface area contributed by atoms with Gasteiger partial charge >= 0.3 is 7.12 Å². The Balaban J connectivity index is 0.000000970. The van der Waals surface area contributed by atoms with Crippen LogP contribution in [0.1, 0.15) is 127 Å². The van der Waals surface area contributed by atoms with Crippen molar-refractivity contribution < 1.29 is 14.1 Å². The smallest absolute Gasteiger partial charge is 0.399 e. The molecule has 2 unspecified atom stereocenters. The van der Waals surface area contributed by atoms with Crippen LogP contribution >= 0.6 is 0 Å². The van der Waals surface area contributed by atoms with Crippen molar-refractivity contribution in [2.75, 3.05) is 0 Å². The fourth-order valence-electron chi connectivity index (χ4n) is 4.45. The summed E-state index contributed by atoms with van der Waals surface area (Å²) in [6, 6.07) is 7.99. The van der Waals surface area contributed by atoms with E-state index in [1.165, 1.54) is 24.0 Å². The Morgan fingerprint density at radius 3 is 1.88 bits per heavy atom. The highest BCUT2D eigenvalue weighted by Gasteiger charge is 2.51. The van der Waals surface area contributed by atoms with Gasteiger partial charge in [0.2, 0.25) is 5.78 Å². The zero-order valence-corrected chi connectivity index (χ0v) is 23.2. The lowest BCUT2D eigenvalue weighted by molar-refractivity contribution is 0.00578. The van der Waals surface area contributed by atoms with Gasteiger partial charge in [-0.15, -0.1) is 0 Å². The Morgan fingerprint density at radius 1 is 0.912 bits per heavy atom. The number of aryl methyl sites for hydroxylation is 1. The number of rotatable bonds is 3. The van der Waals surface area contributed by atoms with Crippen molar-refractivity contribution in [1.82, 2.24) is 4.98 Å². The SMILES string of the molecule is CC.CC.Cc1cc2c(cc1C(=O)c1ccc(B3OC(C)(C)C(C)(C)O3)cn1)C(C)CCC2C. The van der Waals surface area contributed by atoms with Crippen molar-refractivity contribution in [3.8, 4) is 0 Å². The maximum absolute atomic E-state index is 13.3. The molecule has 0 bridgehead atoms. The van der Waals surface area contributed by atoms with Crippen LogP contribution in [0.15, 0.2) is 30.5 Å². The number of carbonyl (C=O) groups is 1. The van der Waals surface area contributed by atoms with Gasteiger partial charge in [0.05, 0.1) is 11.2 Å². The summed E-state index contributed by atoms with van der Waals surface area (Å²) in [5.41, 5.74) is 4.97. The van der Waals surface area contributed by atoms with Crippen LogP contribution in [0.25, 0.3) is 0 Å². The lowest BCUT2D eigenvalue weighted by atomic mass is 9.76. The van der Waals surface area contributed by atoms with Crippen molar-refractivity contribution >= 4 is 18.4 Å². The van der Waals surface area contributed by atoms with Gasteiger partial charge in [-0.2, -0.15) is 0 Å². The normalized spacial score (nSPS) is 22.0. The fourth-order valence-corrected chi connectivity index (χ4v) is 4.45. The van der Waals surface area contributed by atoms with E-state index >= 15 is 0 Å². The van der Waals surface area contributed by atoms with Gasteiger partial charge in [-0.25, -0.2) is 0 Å². The topological polar surface area (TPSA) is 48.4 Å². The van der Waals surface area contributed by atoms with Gasteiger partial charge in [-0.1, -0.05) is 53.7 Å². The van der Waals surface area contributed by atoms with Crippen LogP contribution in [0.4, 0.5) is 0 Å². The number of ketones is 1. The van der Waals surface area contributed by atoms with Gasteiger partial charge in [0.25, 0.3) is 0 Å². The molecule has 1 aromatic heterocycles. The van der Waals surface area contributed by atoms with Gasteiger partial charge in [0, 0.05) is 17.2 Å². The van der Waals surface area contributed by atoms with Crippen LogP contribution in [0.5, 0.6) is 0 Å². The molecule has 0 N–H and O–H groups in total. The molecule has 1 saturated heterocycles. The average molecular weight is 465 g/mol. The van der Waals surface area contributed by atoms with Crippen LogP contribution in [0.3, 0.4) is 0 Å². The number of carbonyl (C=O) groups excluding carboxylic acids is 1. The third-order valence-electron chi connectivity index (χ3n) is 7.31. The zero-order chi connectivity index (χ0) is 25.8. The Hall–Kier alpha value is -1.98. The van der Waals surface area contributed by atoms with E-state index < -0.39 is 18.3 Å². The molecule has 186 valence electrons. The monoisotopic (exact) mass is 465 g/mol. The van der Waals surface area contributed by atoms with Crippen LogP contribution in [-0.2, 0) is 9.31 Å². The summed E-state index contributed by atoms with van der Waals surface area (Å²) >= 11 is 0. The van der Waals surface area contributed by atoms with Gasteiger partial charge in [0.15, 0.2) is 0 Å². The van der Waals surface area contributed by atoms with Crippen molar-refractivity contribution in [3.63, 3.8) is 0 Å². The third-order valence-corrected chi connectivity index (χ3v) is 7.31. The summed E-state index contributed by atoms with van der Waals surface area (Å²) in [5.74, 6) is 1.01. The molecule has 34 heavy (non-hydrogen) atoms. The molecule has 2 atom stereocenters. The zero-order valence-electron chi connectivity index (χ0n) is 23.2. The van der Waals surface area contributed by atoms with Crippen molar-refractivity contribution in [2.45, 2.75) is 112 Å². The minimum absolute atomic E-state index is 0.0267. The van der Waals surface area contributed by atoms with E-state index in [1.54, 1.807) is 12.3 Å². The number of fused-ring (bicyclic) bond motifs is 1. The molecule has 0 saturated carbocycles. The fraction of sp³-hybridized carbons (Fsp3) is 0.586. The molecular formula is C29H44BNO3. The first-order valence-corrected chi connectivity index (χ1v) is 13.0. The highest BCUT2D eigenvalue weighted by Crippen LogP contribution is 2.40. The quantitative estimate of drug-likeness (QED) is 0.363. The van der Waals surface area contributed by atoms with E-state index in [0.717, 1.165) is 16.6 Å². The Bertz CT molecular complexity index is 966. The van der Waals surface area contributed by atoms with Crippen molar-refractivity contribution in [2.24, 2.45) is 0 Å². The number of nitrogens with zero attached hydrogens (tertiary/aromatic N) is 1. The maximum atomic E-state index is 13.3. The van der Waals surface area contributed by atoms with E-state index in [1.807, 2.05) is 68.4 Å². The molecule has 1 aliphatic heterocycles. The molecule has 0 amide bonds. The number of hydrogen-bond donors (Lipinski definition) is 0. The van der Waals surface area contributed by atoms with E-state index in [2.05, 4.69) is 31.0 Å². The van der Waals surface area contributed by atoms with E-state index in [9.17, 15) is 4.79 Å². The van der Waals surface area contributed by atoms with Crippen LogP contribution in [0, 0.1) is 6.92 Å². The molecule has 1 fully saturated rings. The van der Waals surface area contributed by atoms with Crippen LogP contribution in [0.2, 0.25) is 0 Å². The van der Waals surface area contributed by atoms with Crippen LogP contribution < -0.4 is 5.46 Å². The third kappa shape index (κ3) is 5.47. The second-order valence-electron chi connectivity index (χ2n) is 10.1. The second-order valence-corrected chi connectivity index (χ2v) is 10.1. The average Bonchev–Trinajstić information content (AvgIpc) is 3.05. The van der Waals surface area contributed by atoms with Gasteiger partial charge < -0.3 is 9.31 Å². The predicted molar refractivity (Wildman–Crippen MR) is 143 cm³/mol. The number of hydrogen-bond acceptors (Lipinski definition) is 4.